The normalized spacial score (nSPS) is 9.94. The fourth-order valence-electron chi connectivity index (χ4n) is 1.54. The summed E-state index contributed by atoms with van der Waals surface area (Å²) in [5, 5.41) is 2.82. The molecule has 3 heteroatoms. The SMILES string of the molecule is CCC(=O)Nc1ccc(-c2ccncc2)cc1. The molecular weight excluding hydrogens is 212 g/mol. The van der Waals surface area contributed by atoms with Crippen LogP contribution in [0.15, 0.2) is 48.8 Å². The lowest BCUT2D eigenvalue weighted by Gasteiger charge is -2.05. The Morgan fingerprint density at radius 3 is 2.24 bits per heavy atom. The van der Waals surface area contributed by atoms with E-state index in [1.165, 1.54) is 0 Å². The first-order valence-corrected chi connectivity index (χ1v) is 5.60. The van der Waals surface area contributed by atoms with Crippen LogP contribution in [0.5, 0.6) is 0 Å². The molecule has 1 N–H and O–H groups in total. The lowest BCUT2D eigenvalue weighted by Crippen LogP contribution is -2.08. The maximum atomic E-state index is 11.2. The molecule has 1 aromatic heterocycles. The van der Waals surface area contributed by atoms with Crippen LogP contribution in [0, 0.1) is 0 Å². The molecule has 1 amide bonds. The summed E-state index contributed by atoms with van der Waals surface area (Å²) in [4.78, 5) is 15.2. The molecule has 0 saturated carbocycles. The van der Waals surface area contributed by atoms with Crippen molar-refractivity contribution < 1.29 is 4.79 Å². The summed E-state index contributed by atoms with van der Waals surface area (Å²) >= 11 is 0. The second-order valence-electron chi connectivity index (χ2n) is 3.71. The van der Waals surface area contributed by atoms with Crippen LogP contribution in [0.1, 0.15) is 13.3 Å². The van der Waals surface area contributed by atoms with E-state index in [0.29, 0.717) is 6.42 Å². The molecule has 1 aromatic carbocycles. The van der Waals surface area contributed by atoms with Gasteiger partial charge in [0.1, 0.15) is 0 Å². The Hall–Kier alpha value is -2.16. The highest BCUT2D eigenvalue weighted by atomic mass is 16.1. The number of benzene rings is 1. The maximum Gasteiger partial charge on any atom is 0.224 e. The second-order valence-corrected chi connectivity index (χ2v) is 3.71. The molecule has 0 unspecified atom stereocenters. The highest BCUT2D eigenvalue weighted by Crippen LogP contribution is 2.20. The third kappa shape index (κ3) is 2.91. The van der Waals surface area contributed by atoms with E-state index in [1.807, 2.05) is 43.3 Å². The molecule has 0 radical (unpaired) electrons. The highest BCUT2D eigenvalue weighted by Gasteiger charge is 2.00. The predicted octanol–water partition coefficient (Wildman–Crippen LogP) is 3.10. The first-order valence-electron chi connectivity index (χ1n) is 5.60. The number of amides is 1. The fourth-order valence-corrected chi connectivity index (χ4v) is 1.54. The van der Waals surface area contributed by atoms with Gasteiger partial charge in [-0.05, 0) is 35.4 Å². The number of hydrogen-bond acceptors (Lipinski definition) is 2. The summed E-state index contributed by atoms with van der Waals surface area (Å²) in [6.07, 6.45) is 4.02. The van der Waals surface area contributed by atoms with Crippen LogP contribution in [-0.4, -0.2) is 10.9 Å². The van der Waals surface area contributed by atoms with E-state index in [1.54, 1.807) is 12.4 Å². The molecule has 1 heterocycles. The minimum atomic E-state index is 0.0293. The molecule has 86 valence electrons. The first-order chi connectivity index (χ1) is 8.29. The molecule has 0 spiro atoms. The van der Waals surface area contributed by atoms with Gasteiger partial charge in [0.25, 0.3) is 0 Å². The zero-order chi connectivity index (χ0) is 12.1. The van der Waals surface area contributed by atoms with E-state index in [9.17, 15) is 4.79 Å². The van der Waals surface area contributed by atoms with Crippen LogP contribution >= 0.6 is 0 Å². The van der Waals surface area contributed by atoms with Gasteiger partial charge in [-0.15, -0.1) is 0 Å². The molecule has 2 aromatic rings. The summed E-state index contributed by atoms with van der Waals surface area (Å²) in [5.74, 6) is 0.0293. The van der Waals surface area contributed by atoms with Crippen LogP contribution in [-0.2, 0) is 4.79 Å². The molecule has 0 bridgehead atoms. The van der Waals surface area contributed by atoms with Crippen LogP contribution in [0.4, 0.5) is 5.69 Å². The van der Waals surface area contributed by atoms with E-state index in [-0.39, 0.29) is 5.91 Å². The standard InChI is InChI=1S/C14H14N2O/c1-2-14(17)16-13-5-3-11(4-6-13)12-7-9-15-10-8-12/h3-10H,2H2,1H3,(H,16,17). The molecule has 3 nitrogen and oxygen atoms in total. The van der Waals surface area contributed by atoms with Crippen molar-refractivity contribution in [2.24, 2.45) is 0 Å². The smallest absolute Gasteiger partial charge is 0.224 e. The first kappa shape index (κ1) is 11.3. The van der Waals surface area contributed by atoms with Crippen LogP contribution < -0.4 is 5.32 Å². The van der Waals surface area contributed by atoms with Gasteiger partial charge in [-0.3, -0.25) is 9.78 Å². The van der Waals surface area contributed by atoms with Gasteiger partial charge < -0.3 is 5.32 Å². The average molecular weight is 226 g/mol. The largest absolute Gasteiger partial charge is 0.326 e. The quantitative estimate of drug-likeness (QED) is 0.873. The molecule has 2 rings (SSSR count). The zero-order valence-corrected chi connectivity index (χ0v) is 9.68. The van der Waals surface area contributed by atoms with Crippen molar-refractivity contribution in [1.82, 2.24) is 4.98 Å². The molecule has 0 fully saturated rings. The number of rotatable bonds is 3. The molecule has 0 aliphatic rings. The van der Waals surface area contributed by atoms with Crippen molar-refractivity contribution in [3.63, 3.8) is 0 Å². The van der Waals surface area contributed by atoms with E-state index < -0.39 is 0 Å². The number of nitrogens with zero attached hydrogens (tertiary/aromatic N) is 1. The number of nitrogens with one attached hydrogen (secondary N) is 1. The minimum absolute atomic E-state index is 0.0293. The third-order valence-electron chi connectivity index (χ3n) is 2.50. The predicted molar refractivity (Wildman–Crippen MR) is 68.6 cm³/mol. The van der Waals surface area contributed by atoms with Crippen molar-refractivity contribution in [3.05, 3.63) is 48.8 Å². The number of pyridine rings is 1. The lowest BCUT2D eigenvalue weighted by atomic mass is 10.1. The van der Waals surface area contributed by atoms with Crippen LogP contribution in [0.3, 0.4) is 0 Å². The Labute approximate surface area is 101 Å². The Balaban J connectivity index is 2.16. The molecule has 0 aliphatic carbocycles. The topological polar surface area (TPSA) is 42.0 Å². The number of carbonyl (C=O) groups is 1. The van der Waals surface area contributed by atoms with E-state index in [2.05, 4.69) is 10.3 Å². The molecule has 17 heavy (non-hydrogen) atoms. The monoisotopic (exact) mass is 226 g/mol. The Morgan fingerprint density at radius 1 is 1.06 bits per heavy atom. The van der Waals surface area contributed by atoms with Gasteiger partial charge in [0.05, 0.1) is 0 Å². The van der Waals surface area contributed by atoms with E-state index >= 15 is 0 Å². The fraction of sp³-hybridized carbons (Fsp3) is 0.143. The molecule has 0 aliphatic heterocycles. The summed E-state index contributed by atoms with van der Waals surface area (Å²) in [6, 6.07) is 11.7. The van der Waals surface area contributed by atoms with Crippen molar-refractivity contribution in [2.75, 3.05) is 5.32 Å². The van der Waals surface area contributed by atoms with Gasteiger partial charge in [-0.2, -0.15) is 0 Å². The number of anilines is 1. The number of aromatic nitrogens is 1. The van der Waals surface area contributed by atoms with Gasteiger partial charge in [-0.1, -0.05) is 19.1 Å². The van der Waals surface area contributed by atoms with Gasteiger partial charge in [0.2, 0.25) is 5.91 Å². The maximum absolute atomic E-state index is 11.2. The minimum Gasteiger partial charge on any atom is -0.326 e. The van der Waals surface area contributed by atoms with Gasteiger partial charge >= 0.3 is 0 Å². The third-order valence-corrected chi connectivity index (χ3v) is 2.50. The summed E-state index contributed by atoms with van der Waals surface area (Å²) in [5.41, 5.74) is 3.06. The second kappa shape index (κ2) is 5.25. The van der Waals surface area contributed by atoms with E-state index in [0.717, 1.165) is 16.8 Å². The van der Waals surface area contributed by atoms with Crippen molar-refractivity contribution in [1.29, 1.82) is 0 Å². The highest BCUT2D eigenvalue weighted by molar-refractivity contribution is 5.90. The lowest BCUT2D eigenvalue weighted by molar-refractivity contribution is -0.115. The van der Waals surface area contributed by atoms with Gasteiger partial charge in [-0.25, -0.2) is 0 Å². The zero-order valence-electron chi connectivity index (χ0n) is 9.68. The molecule has 0 atom stereocenters. The number of hydrogen-bond donors (Lipinski definition) is 1. The summed E-state index contributed by atoms with van der Waals surface area (Å²) in [6.45, 7) is 1.83. The molecule has 0 saturated heterocycles. The van der Waals surface area contributed by atoms with Gasteiger partial charge in [0, 0.05) is 24.5 Å². The van der Waals surface area contributed by atoms with Gasteiger partial charge in [0.15, 0.2) is 0 Å². The Kier molecular flexibility index (Phi) is 3.50. The van der Waals surface area contributed by atoms with Crippen molar-refractivity contribution in [3.8, 4) is 11.1 Å². The number of carbonyl (C=O) groups excluding carboxylic acids is 1. The average Bonchev–Trinajstić information content (AvgIpc) is 2.40. The summed E-state index contributed by atoms with van der Waals surface area (Å²) < 4.78 is 0. The molecular formula is C14H14N2O. The van der Waals surface area contributed by atoms with Crippen LogP contribution in [0.25, 0.3) is 11.1 Å². The van der Waals surface area contributed by atoms with Crippen LogP contribution in [0.2, 0.25) is 0 Å². The van der Waals surface area contributed by atoms with Crippen molar-refractivity contribution >= 4 is 11.6 Å². The Bertz CT molecular complexity index is 491. The Morgan fingerprint density at radius 2 is 1.65 bits per heavy atom. The van der Waals surface area contributed by atoms with Crippen molar-refractivity contribution in [2.45, 2.75) is 13.3 Å². The van der Waals surface area contributed by atoms with E-state index in [4.69, 9.17) is 0 Å². The summed E-state index contributed by atoms with van der Waals surface area (Å²) in [7, 11) is 0.